The number of hydrogen-bond acceptors (Lipinski definition) is 2. The molecule has 0 bridgehead atoms. The van der Waals surface area contributed by atoms with Crippen LogP contribution >= 0.6 is 0 Å². The lowest BCUT2D eigenvalue weighted by Gasteiger charge is -1.84. The van der Waals surface area contributed by atoms with Gasteiger partial charge in [-0.25, -0.2) is 4.98 Å². The molecule has 0 aliphatic rings. The number of nitriles is 1. The monoisotopic (exact) mass is 120 g/mol. The molecular weight excluding hydrogens is 114 g/mol. The zero-order chi connectivity index (χ0) is 6.69. The Morgan fingerprint density at radius 2 is 2.44 bits per heavy atom. The summed E-state index contributed by atoms with van der Waals surface area (Å²) >= 11 is 0. The van der Waals surface area contributed by atoms with Crippen molar-refractivity contribution < 1.29 is 4.98 Å². The van der Waals surface area contributed by atoms with Crippen molar-refractivity contribution in [3.63, 3.8) is 0 Å². The third-order valence-electron chi connectivity index (χ3n) is 1.01. The Hall–Kier alpha value is -1.56. The molecule has 9 heavy (non-hydrogen) atoms. The third-order valence-corrected chi connectivity index (χ3v) is 1.01. The van der Waals surface area contributed by atoms with Gasteiger partial charge in [0.1, 0.15) is 11.6 Å². The number of H-pyrrole nitrogens is 1. The second kappa shape index (κ2) is 2.14. The minimum absolute atomic E-state index is 0.417. The van der Waals surface area contributed by atoms with Crippen LogP contribution in [0.25, 0.3) is 0 Å². The van der Waals surface area contributed by atoms with Crippen LogP contribution in [0, 0.1) is 11.3 Å². The van der Waals surface area contributed by atoms with Crippen molar-refractivity contribution in [2.75, 3.05) is 5.73 Å². The normalized spacial score (nSPS) is 8.33. The van der Waals surface area contributed by atoms with E-state index in [9.17, 15) is 0 Å². The van der Waals surface area contributed by atoms with Gasteiger partial charge in [-0.15, -0.1) is 0 Å². The predicted molar refractivity (Wildman–Crippen MR) is 32.1 cm³/mol. The molecule has 1 heterocycles. The van der Waals surface area contributed by atoms with Gasteiger partial charge in [0.2, 0.25) is 0 Å². The summed E-state index contributed by atoms with van der Waals surface area (Å²) in [5.41, 5.74) is 5.84. The van der Waals surface area contributed by atoms with Crippen LogP contribution in [0.4, 0.5) is 5.82 Å². The number of rotatable bonds is 0. The molecule has 0 aromatic carbocycles. The van der Waals surface area contributed by atoms with Crippen molar-refractivity contribution in [1.82, 2.24) is 0 Å². The maximum atomic E-state index is 8.37. The summed E-state index contributed by atoms with van der Waals surface area (Å²) in [5, 5.41) is 8.37. The van der Waals surface area contributed by atoms with Gasteiger partial charge in [0.05, 0.1) is 6.20 Å². The summed E-state index contributed by atoms with van der Waals surface area (Å²) in [6.45, 7) is 0. The quantitative estimate of drug-likeness (QED) is 0.522. The maximum Gasteiger partial charge on any atom is 0.288 e. The molecule has 0 fully saturated rings. The smallest absolute Gasteiger partial charge is 0.286 e. The molecule has 0 radical (unpaired) electrons. The second-order valence-electron chi connectivity index (χ2n) is 1.61. The Morgan fingerprint density at radius 3 is 2.89 bits per heavy atom. The summed E-state index contributed by atoms with van der Waals surface area (Å²) in [7, 11) is 0. The SMILES string of the molecule is N#Cc1ccc[nH+]c1N. The molecule has 0 atom stereocenters. The number of aromatic amines is 1. The van der Waals surface area contributed by atoms with Crippen LogP contribution in [0.3, 0.4) is 0 Å². The van der Waals surface area contributed by atoms with E-state index in [2.05, 4.69) is 4.98 Å². The molecule has 0 aliphatic heterocycles. The van der Waals surface area contributed by atoms with Crippen LogP contribution in [0.15, 0.2) is 18.3 Å². The molecule has 3 heteroatoms. The van der Waals surface area contributed by atoms with Crippen molar-refractivity contribution in [3.8, 4) is 6.07 Å². The van der Waals surface area contributed by atoms with Gasteiger partial charge in [-0.1, -0.05) is 0 Å². The van der Waals surface area contributed by atoms with Gasteiger partial charge in [-0.05, 0) is 12.1 Å². The van der Waals surface area contributed by atoms with E-state index in [-0.39, 0.29) is 0 Å². The summed E-state index contributed by atoms with van der Waals surface area (Å²) in [5.74, 6) is 0.417. The third kappa shape index (κ3) is 0.970. The number of aromatic nitrogens is 1. The Morgan fingerprint density at radius 1 is 1.67 bits per heavy atom. The Balaban J connectivity index is 3.20. The average molecular weight is 120 g/mol. The van der Waals surface area contributed by atoms with Gasteiger partial charge in [-0.3, -0.25) is 5.73 Å². The standard InChI is InChI=1S/C6H5N3/c7-4-5-2-1-3-9-6(5)8/h1-3H,(H2,8,9)/p+1. The molecule has 0 amide bonds. The molecule has 0 unspecified atom stereocenters. The first kappa shape index (κ1) is 5.57. The first-order valence-electron chi connectivity index (χ1n) is 2.51. The van der Waals surface area contributed by atoms with E-state index in [1.54, 1.807) is 18.3 Å². The number of pyridine rings is 1. The second-order valence-corrected chi connectivity index (χ2v) is 1.61. The molecule has 0 saturated heterocycles. The van der Waals surface area contributed by atoms with Crippen molar-refractivity contribution in [2.45, 2.75) is 0 Å². The van der Waals surface area contributed by atoms with Crippen molar-refractivity contribution in [3.05, 3.63) is 23.9 Å². The molecule has 1 aromatic heterocycles. The van der Waals surface area contributed by atoms with E-state index in [1.165, 1.54) is 0 Å². The van der Waals surface area contributed by atoms with Gasteiger partial charge >= 0.3 is 0 Å². The summed E-state index contributed by atoms with van der Waals surface area (Å²) < 4.78 is 0. The largest absolute Gasteiger partial charge is 0.288 e. The van der Waals surface area contributed by atoms with Crippen LogP contribution in [-0.4, -0.2) is 0 Å². The van der Waals surface area contributed by atoms with Crippen LogP contribution in [-0.2, 0) is 0 Å². The molecule has 3 nitrogen and oxygen atoms in total. The van der Waals surface area contributed by atoms with Gasteiger partial charge in [-0.2, -0.15) is 5.26 Å². The molecule has 0 saturated carbocycles. The van der Waals surface area contributed by atoms with Crippen LogP contribution in [0.2, 0.25) is 0 Å². The average Bonchev–Trinajstić information content (AvgIpc) is 1.89. The summed E-state index contributed by atoms with van der Waals surface area (Å²) in [6.07, 6.45) is 1.68. The Bertz CT molecular complexity index is 249. The fourth-order valence-corrected chi connectivity index (χ4v) is 0.547. The molecule has 0 spiro atoms. The number of nitrogens with one attached hydrogen (secondary N) is 1. The molecular formula is C6H6N3+. The van der Waals surface area contributed by atoms with E-state index >= 15 is 0 Å². The summed E-state index contributed by atoms with van der Waals surface area (Å²) in [6, 6.07) is 5.33. The topological polar surface area (TPSA) is 64.0 Å². The minimum Gasteiger partial charge on any atom is -0.286 e. The molecule has 44 valence electrons. The van der Waals surface area contributed by atoms with Crippen LogP contribution < -0.4 is 10.7 Å². The predicted octanol–water partition coefficient (Wildman–Crippen LogP) is -0.0454. The van der Waals surface area contributed by atoms with E-state index in [4.69, 9.17) is 11.0 Å². The zero-order valence-corrected chi connectivity index (χ0v) is 4.76. The highest BCUT2D eigenvalue weighted by molar-refractivity contribution is 5.42. The number of nitrogens with two attached hydrogens (primary N) is 1. The highest BCUT2D eigenvalue weighted by atomic mass is 14.8. The molecule has 0 aliphatic carbocycles. The van der Waals surface area contributed by atoms with Crippen LogP contribution in [0.1, 0.15) is 5.56 Å². The van der Waals surface area contributed by atoms with Gasteiger partial charge in [0.25, 0.3) is 5.82 Å². The van der Waals surface area contributed by atoms with Gasteiger partial charge in [0.15, 0.2) is 0 Å². The fraction of sp³-hybridized carbons (Fsp3) is 0. The minimum atomic E-state index is 0.417. The molecule has 1 rings (SSSR count). The van der Waals surface area contributed by atoms with E-state index in [0.29, 0.717) is 11.4 Å². The lowest BCUT2D eigenvalue weighted by molar-refractivity contribution is -0.360. The fourth-order valence-electron chi connectivity index (χ4n) is 0.547. The first-order chi connectivity index (χ1) is 4.34. The van der Waals surface area contributed by atoms with Crippen molar-refractivity contribution in [1.29, 1.82) is 5.26 Å². The Kier molecular flexibility index (Phi) is 1.32. The zero-order valence-electron chi connectivity index (χ0n) is 4.76. The number of nitrogens with zero attached hydrogens (tertiary/aromatic N) is 1. The number of anilines is 1. The summed E-state index contributed by atoms with van der Waals surface area (Å²) in [4.78, 5) is 2.71. The Labute approximate surface area is 52.7 Å². The number of nitrogen functional groups attached to an aromatic ring is 1. The maximum absolute atomic E-state index is 8.37. The number of hydrogen-bond donors (Lipinski definition) is 1. The van der Waals surface area contributed by atoms with Gasteiger partial charge in [0, 0.05) is 0 Å². The van der Waals surface area contributed by atoms with Crippen molar-refractivity contribution >= 4 is 5.82 Å². The van der Waals surface area contributed by atoms with Crippen LogP contribution in [0.5, 0.6) is 0 Å². The van der Waals surface area contributed by atoms with E-state index in [0.717, 1.165) is 0 Å². The first-order valence-corrected chi connectivity index (χ1v) is 2.51. The van der Waals surface area contributed by atoms with E-state index < -0.39 is 0 Å². The highest BCUT2D eigenvalue weighted by Crippen LogP contribution is 1.98. The highest BCUT2D eigenvalue weighted by Gasteiger charge is 1.98. The van der Waals surface area contributed by atoms with Crippen molar-refractivity contribution in [2.24, 2.45) is 0 Å². The lowest BCUT2D eigenvalue weighted by atomic mass is 10.3. The molecule has 1 aromatic rings. The van der Waals surface area contributed by atoms with E-state index in [1.807, 2.05) is 6.07 Å². The van der Waals surface area contributed by atoms with Gasteiger partial charge < -0.3 is 0 Å². The lowest BCUT2D eigenvalue weighted by Crippen LogP contribution is -2.10. The molecule has 3 N–H and O–H groups in total.